The van der Waals surface area contributed by atoms with Crippen molar-refractivity contribution in [3.8, 4) is 11.5 Å². The van der Waals surface area contributed by atoms with Gasteiger partial charge in [0.15, 0.2) is 0 Å². The molecule has 2 N–H and O–H groups in total. The highest BCUT2D eigenvalue weighted by atomic mass is 32.1. The Hall–Kier alpha value is -2.92. The van der Waals surface area contributed by atoms with Crippen molar-refractivity contribution in [2.24, 2.45) is 9.98 Å². The van der Waals surface area contributed by atoms with Crippen molar-refractivity contribution >= 4 is 35.1 Å². The largest absolute Gasteiger partial charge is 0.506 e. The Bertz CT molecular complexity index is 799. The fraction of sp³-hybridized carbons (Fsp3) is 0. The zero-order valence-corrected chi connectivity index (χ0v) is 12.9. The number of phenols is 2. The molecule has 3 rings (SSSR count). The van der Waals surface area contributed by atoms with Gasteiger partial charge in [0.25, 0.3) is 0 Å². The van der Waals surface area contributed by atoms with Gasteiger partial charge in [-0.15, -0.1) is 11.3 Å². The van der Waals surface area contributed by atoms with E-state index in [1.54, 1.807) is 48.8 Å². The molecule has 0 saturated carbocycles. The van der Waals surface area contributed by atoms with Crippen LogP contribution in [0.4, 0.5) is 11.4 Å². The predicted octanol–water partition coefficient (Wildman–Crippen LogP) is 4.66. The highest BCUT2D eigenvalue weighted by Crippen LogP contribution is 2.26. The number of benzene rings is 2. The minimum absolute atomic E-state index is 0.154. The van der Waals surface area contributed by atoms with Gasteiger partial charge in [-0.05, 0) is 36.4 Å². The first kappa shape index (κ1) is 15.0. The predicted molar refractivity (Wildman–Crippen MR) is 95.0 cm³/mol. The summed E-state index contributed by atoms with van der Waals surface area (Å²) in [5.41, 5.74) is 1.07. The summed E-state index contributed by atoms with van der Waals surface area (Å²) in [6.45, 7) is 0. The number of hydrogen-bond acceptors (Lipinski definition) is 5. The maximum absolute atomic E-state index is 9.67. The first-order valence-corrected chi connectivity index (χ1v) is 7.78. The minimum atomic E-state index is 0.154. The Labute approximate surface area is 137 Å². The third kappa shape index (κ3) is 3.84. The van der Waals surface area contributed by atoms with Crippen molar-refractivity contribution in [1.29, 1.82) is 0 Å². The van der Waals surface area contributed by atoms with Gasteiger partial charge in [0, 0.05) is 22.2 Å². The number of thiophene rings is 1. The average molecular weight is 322 g/mol. The Balaban J connectivity index is 1.74. The van der Waals surface area contributed by atoms with Crippen molar-refractivity contribution in [3.63, 3.8) is 0 Å². The van der Waals surface area contributed by atoms with Crippen LogP contribution in [0.2, 0.25) is 0 Å². The number of rotatable bonds is 4. The second kappa shape index (κ2) is 6.89. The van der Waals surface area contributed by atoms with E-state index in [9.17, 15) is 10.2 Å². The van der Waals surface area contributed by atoms with E-state index in [0.29, 0.717) is 11.4 Å². The fourth-order valence-electron chi connectivity index (χ4n) is 1.92. The van der Waals surface area contributed by atoms with Crippen molar-refractivity contribution in [2.75, 3.05) is 0 Å². The number of aliphatic imine (C=N–C) groups is 2. The molecule has 0 atom stereocenters. The van der Waals surface area contributed by atoms with Crippen LogP contribution in [0.25, 0.3) is 0 Å². The molecule has 1 aromatic heterocycles. The van der Waals surface area contributed by atoms with Gasteiger partial charge in [-0.1, -0.05) is 24.3 Å². The lowest BCUT2D eigenvalue weighted by Crippen LogP contribution is -1.73. The van der Waals surface area contributed by atoms with Crippen LogP contribution in [0.1, 0.15) is 9.75 Å². The van der Waals surface area contributed by atoms with Crippen LogP contribution < -0.4 is 0 Å². The summed E-state index contributed by atoms with van der Waals surface area (Å²) in [5.74, 6) is 0.309. The minimum Gasteiger partial charge on any atom is -0.506 e. The molecule has 0 aliphatic rings. The SMILES string of the molecule is Oc1ccccc1N=Cc1ccc(C=Nc2ccccc2O)s1. The summed E-state index contributed by atoms with van der Waals surface area (Å²) in [4.78, 5) is 10.4. The Morgan fingerprint density at radius 1 is 0.652 bits per heavy atom. The van der Waals surface area contributed by atoms with E-state index < -0.39 is 0 Å². The monoisotopic (exact) mass is 322 g/mol. The van der Waals surface area contributed by atoms with Crippen LogP contribution in [0.15, 0.2) is 70.6 Å². The van der Waals surface area contributed by atoms with Gasteiger partial charge in [-0.3, -0.25) is 9.98 Å². The van der Waals surface area contributed by atoms with Crippen LogP contribution in [0.5, 0.6) is 11.5 Å². The fourth-order valence-corrected chi connectivity index (χ4v) is 2.68. The van der Waals surface area contributed by atoms with E-state index in [0.717, 1.165) is 9.75 Å². The molecule has 3 aromatic rings. The lowest BCUT2D eigenvalue weighted by atomic mass is 10.3. The first-order valence-electron chi connectivity index (χ1n) is 6.96. The van der Waals surface area contributed by atoms with Crippen LogP contribution >= 0.6 is 11.3 Å². The quantitative estimate of drug-likeness (QED) is 0.686. The second-order valence-electron chi connectivity index (χ2n) is 4.73. The van der Waals surface area contributed by atoms with Crippen LogP contribution in [-0.2, 0) is 0 Å². The lowest BCUT2D eigenvalue weighted by molar-refractivity contribution is 0.476. The Kier molecular flexibility index (Phi) is 4.49. The van der Waals surface area contributed by atoms with Gasteiger partial charge in [-0.25, -0.2) is 0 Å². The second-order valence-corrected chi connectivity index (χ2v) is 5.88. The number of phenolic OH excluding ortho intramolecular Hbond substituents is 2. The summed E-state index contributed by atoms with van der Waals surface area (Å²) < 4.78 is 0. The van der Waals surface area contributed by atoms with E-state index in [4.69, 9.17) is 0 Å². The van der Waals surface area contributed by atoms with E-state index in [2.05, 4.69) is 9.98 Å². The summed E-state index contributed by atoms with van der Waals surface area (Å²) in [5, 5.41) is 19.3. The number of aromatic hydroxyl groups is 2. The van der Waals surface area contributed by atoms with Crippen LogP contribution in [-0.4, -0.2) is 22.6 Å². The molecule has 0 aliphatic carbocycles. The van der Waals surface area contributed by atoms with E-state index in [1.165, 1.54) is 11.3 Å². The van der Waals surface area contributed by atoms with Gasteiger partial charge in [0.05, 0.1) is 0 Å². The zero-order chi connectivity index (χ0) is 16.1. The summed E-state index contributed by atoms with van der Waals surface area (Å²) in [6, 6.07) is 17.7. The summed E-state index contributed by atoms with van der Waals surface area (Å²) in [7, 11) is 0. The summed E-state index contributed by atoms with van der Waals surface area (Å²) in [6.07, 6.45) is 3.41. The molecule has 0 bridgehead atoms. The van der Waals surface area contributed by atoms with Gasteiger partial charge < -0.3 is 10.2 Å². The van der Waals surface area contributed by atoms with Crippen LogP contribution in [0.3, 0.4) is 0 Å². The first-order chi connectivity index (χ1) is 11.2. The molecule has 0 amide bonds. The maximum atomic E-state index is 9.67. The topological polar surface area (TPSA) is 65.2 Å². The van der Waals surface area contributed by atoms with Gasteiger partial charge >= 0.3 is 0 Å². The van der Waals surface area contributed by atoms with Gasteiger partial charge in [0.1, 0.15) is 22.9 Å². The molecule has 23 heavy (non-hydrogen) atoms. The molecule has 5 heteroatoms. The lowest BCUT2D eigenvalue weighted by Gasteiger charge is -1.96. The molecule has 4 nitrogen and oxygen atoms in total. The highest BCUT2D eigenvalue weighted by molar-refractivity contribution is 7.15. The van der Waals surface area contributed by atoms with Crippen molar-refractivity contribution in [2.45, 2.75) is 0 Å². The molecule has 2 aromatic carbocycles. The molecule has 0 spiro atoms. The Morgan fingerprint density at radius 3 is 1.52 bits per heavy atom. The number of para-hydroxylation sites is 4. The third-order valence-corrected chi connectivity index (χ3v) is 4.03. The van der Waals surface area contributed by atoms with E-state index in [1.807, 2.05) is 24.3 Å². The van der Waals surface area contributed by atoms with Crippen LogP contribution in [0, 0.1) is 0 Å². The molecular formula is C18H14N2O2S. The maximum Gasteiger partial charge on any atom is 0.141 e. The average Bonchev–Trinajstić information content (AvgIpc) is 3.01. The van der Waals surface area contributed by atoms with Crippen molar-refractivity contribution in [3.05, 3.63) is 70.4 Å². The Morgan fingerprint density at radius 2 is 1.09 bits per heavy atom. The number of nitrogens with zero attached hydrogens (tertiary/aromatic N) is 2. The summed E-state index contributed by atoms with van der Waals surface area (Å²) >= 11 is 1.52. The molecule has 0 saturated heterocycles. The van der Waals surface area contributed by atoms with Crippen molar-refractivity contribution in [1.82, 2.24) is 0 Å². The van der Waals surface area contributed by atoms with Crippen molar-refractivity contribution < 1.29 is 10.2 Å². The molecule has 0 aliphatic heterocycles. The highest BCUT2D eigenvalue weighted by Gasteiger charge is 1.99. The standard InChI is InChI=1S/C18H14N2O2S/c21-17-7-3-1-5-15(17)19-11-13-9-10-14(23-13)12-20-16-6-2-4-8-18(16)22/h1-12,21-22H. The molecular weight excluding hydrogens is 308 g/mol. The molecule has 1 heterocycles. The molecule has 0 radical (unpaired) electrons. The van der Waals surface area contributed by atoms with E-state index in [-0.39, 0.29) is 11.5 Å². The van der Waals surface area contributed by atoms with E-state index >= 15 is 0 Å². The molecule has 114 valence electrons. The number of hydrogen-bond donors (Lipinski definition) is 2. The smallest absolute Gasteiger partial charge is 0.141 e. The van der Waals surface area contributed by atoms with Gasteiger partial charge in [0.2, 0.25) is 0 Å². The van der Waals surface area contributed by atoms with Gasteiger partial charge in [-0.2, -0.15) is 0 Å². The zero-order valence-electron chi connectivity index (χ0n) is 12.1. The molecule has 0 unspecified atom stereocenters. The molecule has 0 fully saturated rings. The third-order valence-electron chi connectivity index (χ3n) is 3.07. The normalized spacial score (nSPS) is 11.5.